The molecule has 0 aliphatic heterocycles. The Morgan fingerprint density at radius 2 is 1.88 bits per heavy atom. The third-order valence-corrected chi connectivity index (χ3v) is 3.91. The van der Waals surface area contributed by atoms with Gasteiger partial charge in [-0.2, -0.15) is 5.10 Å². The molecule has 126 valence electrons. The number of hydrogen-bond donors (Lipinski definition) is 2. The van der Waals surface area contributed by atoms with E-state index in [9.17, 15) is 9.18 Å². The van der Waals surface area contributed by atoms with Gasteiger partial charge in [0.2, 0.25) is 0 Å². The number of carbonyl (C=O) groups excluding carboxylic acids is 1. The van der Waals surface area contributed by atoms with Crippen LogP contribution in [0.1, 0.15) is 5.56 Å². The summed E-state index contributed by atoms with van der Waals surface area (Å²) >= 11 is 5.88. The van der Waals surface area contributed by atoms with E-state index >= 15 is 0 Å². The Balaban J connectivity index is 1.56. The van der Waals surface area contributed by atoms with Gasteiger partial charge in [0.15, 0.2) is 0 Å². The van der Waals surface area contributed by atoms with Gasteiger partial charge in [0.25, 0.3) is 5.91 Å². The Morgan fingerprint density at radius 3 is 2.68 bits per heavy atom. The molecule has 0 radical (unpaired) electrons. The fourth-order valence-corrected chi connectivity index (χ4v) is 2.54. The highest BCUT2D eigenvalue weighted by Gasteiger charge is 2.04. The molecular formula is C19H15ClFN3O. The van der Waals surface area contributed by atoms with Crippen molar-refractivity contribution in [1.29, 1.82) is 0 Å². The summed E-state index contributed by atoms with van der Waals surface area (Å²) < 4.78 is 13.6. The Morgan fingerprint density at radius 1 is 1.08 bits per heavy atom. The maximum atomic E-state index is 13.6. The van der Waals surface area contributed by atoms with E-state index in [4.69, 9.17) is 11.6 Å². The second-order valence-electron chi connectivity index (χ2n) is 5.34. The largest absolute Gasteiger partial charge is 0.376 e. The van der Waals surface area contributed by atoms with Gasteiger partial charge in [0.1, 0.15) is 5.82 Å². The van der Waals surface area contributed by atoms with Gasteiger partial charge in [0, 0.05) is 11.3 Å². The van der Waals surface area contributed by atoms with Crippen LogP contribution in [0.3, 0.4) is 0 Å². The lowest BCUT2D eigenvalue weighted by molar-refractivity contribution is -0.119. The standard InChI is InChI=1S/C19H15ClFN3O/c20-17-6-3-7-18(21)16(17)11-23-24-19(25)12-22-15-9-8-13-4-1-2-5-14(13)10-15/h1-11,22H,12H2,(H,24,25)/b23-11-. The number of rotatable bonds is 5. The molecular weight excluding hydrogens is 341 g/mol. The van der Waals surface area contributed by atoms with Crippen molar-refractivity contribution in [1.82, 2.24) is 5.43 Å². The zero-order chi connectivity index (χ0) is 17.6. The molecule has 3 rings (SSSR count). The van der Waals surface area contributed by atoms with Gasteiger partial charge < -0.3 is 5.32 Å². The van der Waals surface area contributed by atoms with Crippen LogP contribution in [0.15, 0.2) is 65.8 Å². The summed E-state index contributed by atoms with van der Waals surface area (Å²) in [6, 6.07) is 18.1. The molecule has 0 bridgehead atoms. The summed E-state index contributed by atoms with van der Waals surface area (Å²) in [6.45, 7) is 0.0423. The lowest BCUT2D eigenvalue weighted by Gasteiger charge is -2.07. The van der Waals surface area contributed by atoms with Crippen LogP contribution in [0, 0.1) is 5.82 Å². The first-order valence-electron chi connectivity index (χ1n) is 7.62. The predicted molar refractivity (Wildman–Crippen MR) is 99.6 cm³/mol. The van der Waals surface area contributed by atoms with Crippen molar-refractivity contribution in [2.45, 2.75) is 0 Å². The lowest BCUT2D eigenvalue weighted by Crippen LogP contribution is -2.25. The number of nitrogens with one attached hydrogen (secondary N) is 2. The minimum Gasteiger partial charge on any atom is -0.376 e. The number of fused-ring (bicyclic) bond motifs is 1. The van der Waals surface area contributed by atoms with Gasteiger partial charge in [-0.15, -0.1) is 0 Å². The quantitative estimate of drug-likeness (QED) is 0.532. The second-order valence-corrected chi connectivity index (χ2v) is 5.75. The molecule has 3 aromatic rings. The smallest absolute Gasteiger partial charge is 0.259 e. The molecule has 0 unspecified atom stereocenters. The Labute approximate surface area is 149 Å². The highest BCUT2D eigenvalue weighted by Crippen LogP contribution is 2.18. The molecule has 0 aliphatic rings. The number of benzene rings is 3. The Hall–Kier alpha value is -2.92. The average Bonchev–Trinajstić information content (AvgIpc) is 2.62. The van der Waals surface area contributed by atoms with Crippen LogP contribution < -0.4 is 10.7 Å². The summed E-state index contributed by atoms with van der Waals surface area (Å²) in [5.74, 6) is -0.850. The van der Waals surface area contributed by atoms with Crippen LogP contribution in [0.25, 0.3) is 10.8 Å². The number of halogens is 2. The maximum absolute atomic E-state index is 13.6. The Bertz CT molecular complexity index is 923. The number of hydrogen-bond acceptors (Lipinski definition) is 3. The SMILES string of the molecule is O=C(CNc1ccc2ccccc2c1)N/N=C\c1c(F)cccc1Cl. The molecule has 0 aromatic heterocycles. The molecule has 2 N–H and O–H groups in total. The fraction of sp³-hybridized carbons (Fsp3) is 0.0526. The van der Waals surface area contributed by atoms with Crippen LogP contribution in [0.2, 0.25) is 5.02 Å². The van der Waals surface area contributed by atoms with Crippen molar-refractivity contribution in [3.8, 4) is 0 Å². The van der Waals surface area contributed by atoms with Gasteiger partial charge in [-0.25, -0.2) is 9.82 Å². The molecule has 0 saturated carbocycles. The molecule has 0 spiro atoms. The van der Waals surface area contributed by atoms with Gasteiger partial charge >= 0.3 is 0 Å². The maximum Gasteiger partial charge on any atom is 0.259 e. The first-order valence-corrected chi connectivity index (χ1v) is 8.00. The van der Waals surface area contributed by atoms with Crippen molar-refractivity contribution in [3.63, 3.8) is 0 Å². The summed E-state index contributed by atoms with van der Waals surface area (Å²) in [4.78, 5) is 11.8. The van der Waals surface area contributed by atoms with E-state index in [1.165, 1.54) is 18.3 Å². The number of nitrogens with zero attached hydrogens (tertiary/aromatic N) is 1. The highest BCUT2D eigenvalue weighted by molar-refractivity contribution is 6.33. The topological polar surface area (TPSA) is 53.5 Å². The number of carbonyl (C=O) groups is 1. The number of hydrazone groups is 1. The zero-order valence-corrected chi connectivity index (χ0v) is 13.9. The second kappa shape index (κ2) is 7.77. The van der Waals surface area contributed by atoms with Crippen LogP contribution in [0.5, 0.6) is 0 Å². The summed E-state index contributed by atoms with van der Waals surface area (Å²) in [7, 11) is 0. The third-order valence-electron chi connectivity index (χ3n) is 3.59. The van der Waals surface area contributed by atoms with Gasteiger partial charge in [-0.1, -0.05) is 48.0 Å². The van der Waals surface area contributed by atoms with Crippen LogP contribution in [-0.2, 0) is 4.79 Å². The summed E-state index contributed by atoms with van der Waals surface area (Å²) in [5.41, 5.74) is 3.30. The van der Waals surface area contributed by atoms with Crippen molar-refractivity contribution < 1.29 is 9.18 Å². The molecule has 4 nitrogen and oxygen atoms in total. The minimum absolute atomic E-state index is 0.0423. The molecule has 0 heterocycles. The van der Waals surface area contributed by atoms with E-state index in [1.54, 1.807) is 6.07 Å². The van der Waals surface area contributed by atoms with E-state index in [0.717, 1.165) is 16.5 Å². The van der Waals surface area contributed by atoms with E-state index in [-0.39, 0.29) is 23.0 Å². The molecule has 1 amide bonds. The molecule has 0 fully saturated rings. The summed E-state index contributed by atoms with van der Waals surface area (Å²) in [6.07, 6.45) is 1.19. The van der Waals surface area contributed by atoms with Crippen molar-refractivity contribution in [2.24, 2.45) is 5.10 Å². The molecule has 6 heteroatoms. The van der Waals surface area contributed by atoms with Crippen molar-refractivity contribution >= 4 is 40.2 Å². The van der Waals surface area contributed by atoms with Crippen LogP contribution in [0.4, 0.5) is 10.1 Å². The monoisotopic (exact) mass is 355 g/mol. The van der Waals surface area contributed by atoms with Crippen LogP contribution in [-0.4, -0.2) is 18.7 Å². The molecule has 3 aromatic carbocycles. The average molecular weight is 356 g/mol. The van der Waals surface area contributed by atoms with Crippen molar-refractivity contribution in [2.75, 3.05) is 11.9 Å². The number of amides is 1. The Kier molecular flexibility index (Phi) is 5.26. The minimum atomic E-state index is -0.500. The lowest BCUT2D eigenvalue weighted by atomic mass is 10.1. The first kappa shape index (κ1) is 16.9. The molecule has 0 saturated heterocycles. The molecule has 25 heavy (non-hydrogen) atoms. The fourth-order valence-electron chi connectivity index (χ4n) is 2.32. The van der Waals surface area contributed by atoms with E-state index in [2.05, 4.69) is 15.8 Å². The van der Waals surface area contributed by atoms with Gasteiger partial charge in [-0.05, 0) is 35.0 Å². The summed E-state index contributed by atoms with van der Waals surface area (Å²) in [5, 5.41) is 9.20. The van der Waals surface area contributed by atoms with Gasteiger partial charge in [0.05, 0.1) is 17.8 Å². The molecule has 0 atom stereocenters. The third kappa shape index (κ3) is 4.33. The molecule has 0 aliphatic carbocycles. The van der Waals surface area contributed by atoms with Crippen molar-refractivity contribution in [3.05, 3.63) is 77.1 Å². The van der Waals surface area contributed by atoms with Gasteiger partial charge in [-0.3, -0.25) is 4.79 Å². The van der Waals surface area contributed by atoms with E-state index < -0.39 is 5.82 Å². The normalized spacial score (nSPS) is 11.0. The predicted octanol–water partition coefficient (Wildman–Crippen LogP) is 4.19. The zero-order valence-electron chi connectivity index (χ0n) is 13.2. The van der Waals surface area contributed by atoms with E-state index in [0.29, 0.717) is 0 Å². The number of anilines is 1. The first-order chi connectivity index (χ1) is 12.1. The van der Waals surface area contributed by atoms with E-state index in [1.807, 2.05) is 42.5 Å². The highest BCUT2D eigenvalue weighted by atomic mass is 35.5. The van der Waals surface area contributed by atoms with Crippen LogP contribution >= 0.6 is 11.6 Å².